The fourth-order valence-corrected chi connectivity index (χ4v) is 2.59. The van der Waals surface area contributed by atoms with E-state index in [0.717, 1.165) is 5.92 Å². The average Bonchev–Trinajstić information content (AvgIpc) is 2.71. The van der Waals surface area contributed by atoms with Gasteiger partial charge >= 0.3 is 0 Å². The largest absolute Gasteiger partial charge is 0.317 e. The molecule has 0 heterocycles. The van der Waals surface area contributed by atoms with Gasteiger partial charge in [0, 0.05) is 0 Å². The van der Waals surface area contributed by atoms with Crippen molar-refractivity contribution in [2.75, 3.05) is 13.1 Å². The van der Waals surface area contributed by atoms with Gasteiger partial charge in [-0.3, -0.25) is 0 Å². The summed E-state index contributed by atoms with van der Waals surface area (Å²) in [4.78, 5) is 0. The molecule has 0 aromatic heterocycles. The van der Waals surface area contributed by atoms with E-state index in [9.17, 15) is 0 Å². The Bertz CT molecular complexity index is 294. The van der Waals surface area contributed by atoms with Crippen LogP contribution in [0.5, 0.6) is 0 Å². The molecule has 0 radical (unpaired) electrons. The van der Waals surface area contributed by atoms with Gasteiger partial charge in [0.15, 0.2) is 0 Å². The number of benzene rings is 1. The van der Waals surface area contributed by atoms with Gasteiger partial charge in [-0.2, -0.15) is 0 Å². The second-order valence-electron chi connectivity index (χ2n) is 4.94. The molecule has 0 saturated carbocycles. The highest BCUT2D eigenvalue weighted by atomic mass is 14.8. The van der Waals surface area contributed by atoms with Crippen LogP contribution in [0.1, 0.15) is 37.3 Å². The Morgan fingerprint density at radius 3 is 2.44 bits per heavy atom. The summed E-state index contributed by atoms with van der Waals surface area (Å²) in [6.07, 6.45) is 6.53. The quantitative estimate of drug-likeness (QED) is 0.722. The minimum Gasteiger partial charge on any atom is -0.317 e. The van der Waals surface area contributed by atoms with Gasteiger partial charge in [-0.05, 0) is 55.8 Å². The molecule has 88 valence electrons. The fraction of sp³-hybridized carbons (Fsp3) is 0.600. The third kappa shape index (κ3) is 3.08. The Morgan fingerprint density at radius 2 is 1.81 bits per heavy atom. The highest BCUT2D eigenvalue weighted by molar-refractivity contribution is 5.31. The molecule has 16 heavy (non-hydrogen) atoms. The molecule has 0 amide bonds. The topological polar surface area (TPSA) is 12.0 Å². The molecular formula is C15H23N. The Balaban J connectivity index is 1.67. The van der Waals surface area contributed by atoms with Gasteiger partial charge in [0.05, 0.1) is 0 Å². The van der Waals surface area contributed by atoms with Gasteiger partial charge in [0.1, 0.15) is 0 Å². The fourth-order valence-electron chi connectivity index (χ4n) is 2.59. The second kappa shape index (κ2) is 6.05. The van der Waals surface area contributed by atoms with Crippen molar-refractivity contribution in [3.63, 3.8) is 0 Å². The zero-order chi connectivity index (χ0) is 11.2. The van der Waals surface area contributed by atoms with E-state index in [1.807, 2.05) is 0 Å². The molecule has 0 atom stereocenters. The van der Waals surface area contributed by atoms with E-state index in [0.29, 0.717) is 0 Å². The molecule has 1 nitrogen and oxygen atoms in total. The third-order valence-corrected chi connectivity index (χ3v) is 3.57. The van der Waals surface area contributed by atoms with E-state index >= 15 is 0 Å². The molecular weight excluding hydrogens is 194 g/mol. The first-order valence-corrected chi connectivity index (χ1v) is 6.67. The summed E-state index contributed by atoms with van der Waals surface area (Å²) in [5.41, 5.74) is 3.17. The molecule has 1 aliphatic rings. The smallest absolute Gasteiger partial charge is 0.00460 e. The maximum absolute atomic E-state index is 3.54. The van der Waals surface area contributed by atoms with Crippen molar-refractivity contribution in [3.05, 3.63) is 35.4 Å². The SMILES string of the molecule is CCCCNCCC1Cc2ccccc2C1. The summed E-state index contributed by atoms with van der Waals surface area (Å²) in [6, 6.07) is 8.92. The molecule has 0 saturated heterocycles. The molecule has 1 aliphatic carbocycles. The van der Waals surface area contributed by atoms with Crippen molar-refractivity contribution in [2.24, 2.45) is 5.92 Å². The van der Waals surface area contributed by atoms with E-state index < -0.39 is 0 Å². The van der Waals surface area contributed by atoms with Crippen LogP contribution in [0.3, 0.4) is 0 Å². The van der Waals surface area contributed by atoms with Gasteiger partial charge in [-0.25, -0.2) is 0 Å². The monoisotopic (exact) mass is 217 g/mol. The predicted octanol–water partition coefficient (Wildman–Crippen LogP) is 3.18. The highest BCUT2D eigenvalue weighted by Gasteiger charge is 2.19. The van der Waals surface area contributed by atoms with E-state index in [-0.39, 0.29) is 0 Å². The summed E-state index contributed by atoms with van der Waals surface area (Å²) in [7, 11) is 0. The normalized spacial score (nSPS) is 15.3. The average molecular weight is 217 g/mol. The summed E-state index contributed by atoms with van der Waals surface area (Å²) < 4.78 is 0. The summed E-state index contributed by atoms with van der Waals surface area (Å²) >= 11 is 0. The molecule has 0 spiro atoms. The van der Waals surface area contributed by atoms with Crippen LogP contribution >= 0.6 is 0 Å². The van der Waals surface area contributed by atoms with Gasteiger partial charge in [-0.1, -0.05) is 37.6 Å². The molecule has 0 fully saturated rings. The first kappa shape index (κ1) is 11.7. The van der Waals surface area contributed by atoms with Gasteiger partial charge in [0.2, 0.25) is 0 Å². The van der Waals surface area contributed by atoms with Crippen molar-refractivity contribution < 1.29 is 0 Å². The highest BCUT2D eigenvalue weighted by Crippen LogP contribution is 2.28. The molecule has 1 aromatic rings. The number of unbranched alkanes of at least 4 members (excludes halogenated alkanes) is 1. The lowest BCUT2D eigenvalue weighted by Crippen LogP contribution is -2.19. The molecule has 1 heteroatoms. The van der Waals surface area contributed by atoms with Crippen molar-refractivity contribution in [2.45, 2.75) is 39.0 Å². The first-order chi connectivity index (χ1) is 7.90. The number of fused-ring (bicyclic) bond motifs is 1. The van der Waals surface area contributed by atoms with Crippen molar-refractivity contribution in [1.82, 2.24) is 5.32 Å². The lowest BCUT2D eigenvalue weighted by Gasteiger charge is -2.09. The predicted molar refractivity (Wildman–Crippen MR) is 69.7 cm³/mol. The van der Waals surface area contributed by atoms with Crippen LogP contribution in [0.2, 0.25) is 0 Å². The van der Waals surface area contributed by atoms with E-state index in [4.69, 9.17) is 0 Å². The molecule has 2 rings (SSSR count). The van der Waals surface area contributed by atoms with Crippen LogP contribution in [0.4, 0.5) is 0 Å². The number of hydrogen-bond donors (Lipinski definition) is 1. The summed E-state index contributed by atoms with van der Waals surface area (Å²) in [5, 5.41) is 3.54. The van der Waals surface area contributed by atoms with Crippen LogP contribution < -0.4 is 5.32 Å². The number of nitrogens with one attached hydrogen (secondary N) is 1. The zero-order valence-corrected chi connectivity index (χ0v) is 10.3. The van der Waals surface area contributed by atoms with E-state index in [1.54, 1.807) is 11.1 Å². The third-order valence-electron chi connectivity index (χ3n) is 3.57. The van der Waals surface area contributed by atoms with Crippen molar-refractivity contribution in [3.8, 4) is 0 Å². The molecule has 0 bridgehead atoms. The Kier molecular flexibility index (Phi) is 4.41. The molecule has 0 aliphatic heterocycles. The second-order valence-corrected chi connectivity index (χ2v) is 4.94. The zero-order valence-electron chi connectivity index (χ0n) is 10.3. The molecule has 1 aromatic carbocycles. The minimum absolute atomic E-state index is 0.881. The van der Waals surface area contributed by atoms with Crippen molar-refractivity contribution in [1.29, 1.82) is 0 Å². The van der Waals surface area contributed by atoms with E-state index in [2.05, 4.69) is 36.5 Å². The van der Waals surface area contributed by atoms with Gasteiger partial charge < -0.3 is 5.32 Å². The van der Waals surface area contributed by atoms with Gasteiger partial charge in [0.25, 0.3) is 0 Å². The van der Waals surface area contributed by atoms with E-state index in [1.165, 1.54) is 45.2 Å². The van der Waals surface area contributed by atoms with Crippen LogP contribution in [-0.2, 0) is 12.8 Å². The maximum atomic E-state index is 3.54. The maximum Gasteiger partial charge on any atom is -0.00460 e. The molecule has 0 unspecified atom stereocenters. The minimum atomic E-state index is 0.881. The standard InChI is InChI=1S/C15H23N/c1-2-3-9-16-10-8-13-11-14-6-4-5-7-15(14)12-13/h4-7,13,16H,2-3,8-12H2,1H3. The van der Waals surface area contributed by atoms with Crippen LogP contribution in [-0.4, -0.2) is 13.1 Å². The van der Waals surface area contributed by atoms with Crippen LogP contribution in [0, 0.1) is 5.92 Å². The van der Waals surface area contributed by atoms with Gasteiger partial charge in [-0.15, -0.1) is 0 Å². The summed E-state index contributed by atoms with van der Waals surface area (Å²) in [6.45, 7) is 4.63. The Hall–Kier alpha value is -0.820. The summed E-state index contributed by atoms with van der Waals surface area (Å²) in [5.74, 6) is 0.881. The first-order valence-electron chi connectivity index (χ1n) is 6.67. The lowest BCUT2D eigenvalue weighted by molar-refractivity contribution is 0.483. The van der Waals surface area contributed by atoms with Crippen LogP contribution in [0.15, 0.2) is 24.3 Å². The lowest BCUT2D eigenvalue weighted by atomic mass is 10.0. The molecule has 1 N–H and O–H groups in total. The van der Waals surface area contributed by atoms with Crippen LogP contribution in [0.25, 0.3) is 0 Å². The number of rotatable bonds is 6. The Labute approximate surface area is 99.3 Å². The van der Waals surface area contributed by atoms with Crippen molar-refractivity contribution >= 4 is 0 Å². The Morgan fingerprint density at radius 1 is 1.12 bits per heavy atom. The number of hydrogen-bond acceptors (Lipinski definition) is 1.